The predicted octanol–water partition coefficient (Wildman–Crippen LogP) is 6.02. The molecule has 0 fully saturated rings. The third-order valence-corrected chi connectivity index (χ3v) is 6.35. The standard InChI is InChI=1S/C26H25NO2S/c1-3-18-9-13-21(14-10-18)24-23(20-7-5-4-6-8-20)25(28)26(29)27(24)17-19-11-15-22(30-2)16-12-19/h4-16,24,28H,3,17H2,1-2H3/t24-/m1/s1. The van der Waals surface area contributed by atoms with Gasteiger partial charge < -0.3 is 10.0 Å². The van der Waals surface area contributed by atoms with Gasteiger partial charge in [0.1, 0.15) is 0 Å². The lowest BCUT2D eigenvalue weighted by Gasteiger charge is -2.28. The van der Waals surface area contributed by atoms with Gasteiger partial charge in [0.2, 0.25) is 0 Å². The average molecular weight is 416 g/mol. The first kappa shape index (κ1) is 20.3. The van der Waals surface area contributed by atoms with Crippen LogP contribution < -0.4 is 0 Å². The van der Waals surface area contributed by atoms with Gasteiger partial charge in [0.25, 0.3) is 5.91 Å². The lowest BCUT2D eigenvalue weighted by atomic mass is 9.92. The number of nitrogens with zero attached hydrogens (tertiary/aromatic N) is 1. The van der Waals surface area contributed by atoms with E-state index in [1.165, 1.54) is 10.5 Å². The molecule has 3 aromatic carbocycles. The van der Waals surface area contributed by atoms with Gasteiger partial charge >= 0.3 is 0 Å². The van der Waals surface area contributed by atoms with Crippen molar-refractivity contribution < 1.29 is 9.90 Å². The molecule has 0 bridgehead atoms. The number of hydrogen-bond donors (Lipinski definition) is 1. The zero-order valence-corrected chi connectivity index (χ0v) is 18.0. The van der Waals surface area contributed by atoms with Crippen molar-refractivity contribution in [1.82, 2.24) is 4.90 Å². The quantitative estimate of drug-likeness (QED) is 0.500. The Balaban J connectivity index is 1.76. The van der Waals surface area contributed by atoms with Gasteiger partial charge in [-0.05, 0) is 47.1 Å². The normalized spacial score (nSPS) is 16.4. The van der Waals surface area contributed by atoms with Crippen molar-refractivity contribution in [2.24, 2.45) is 0 Å². The number of carbonyl (C=O) groups excluding carboxylic acids is 1. The van der Waals surface area contributed by atoms with Crippen LogP contribution in [0.25, 0.3) is 5.57 Å². The third-order valence-electron chi connectivity index (χ3n) is 5.60. The highest BCUT2D eigenvalue weighted by Crippen LogP contribution is 2.43. The van der Waals surface area contributed by atoms with Crippen molar-refractivity contribution in [3.05, 3.63) is 107 Å². The summed E-state index contributed by atoms with van der Waals surface area (Å²) in [5, 5.41) is 10.9. The first-order valence-electron chi connectivity index (χ1n) is 10.1. The highest BCUT2D eigenvalue weighted by atomic mass is 32.2. The largest absolute Gasteiger partial charge is 0.503 e. The average Bonchev–Trinajstić information content (AvgIpc) is 3.05. The van der Waals surface area contributed by atoms with Crippen molar-refractivity contribution in [3.8, 4) is 0 Å². The molecule has 4 heteroatoms. The van der Waals surface area contributed by atoms with Gasteiger partial charge in [-0.15, -0.1) is 11.8 Å². The van der Waals surface area contributed by atoms with E-state index in [0.717, 1.165) is 23.1 Å². The Kier molecular flexibility index (Phi) is 5.96. The lowest BCUT2D eigenvalue weighted by Crippen LogP contribution is -2.29. The van der Waals surface area contributed by atoms with Crippen LogP contribution in [-0.4, -0.2) is 22.2 Å². The predicted molar refractivity (Wildman–Crippen MR) is 123 cm³/mol. The van der Waals surface area contributed by atoms with E-state index < -0.39 is 0 Å². The van der Waals surface area contributed by atoms with Gasteiger partial charge in [-0.3, -0.25) is 4.79 Å². The van der Waals surface area contributed by atoms with E-state index in [1.807, 2.05) is 48.7 Å². The van der Waals surface area contributed by atoms with Crippen LogP contribution in [0.2, 0.25) is 0 Å². The highest BCUT2D eigenvalue weighted by Gasteiger charge is 2.40. The Morgan fingerprint density at radius 3 is 2.13 bits per heavy atom. The molecule has 0 saturated carbocycles. The maximum Gasteiger partial charge on any atom is 0.290 e. The second-order valence-corrected chi connectivity index (χ2v) is 8.29. The summed E-state index contributed by atoms with van der Waals surface area (Å²) in [7, 11) is 0. The Bertz CT molecular complexity index is 1060. The number of thioether (sulfide) groups is 1. The molecule has 0 aromatic heterocycles. The Morgan fingerprint density at radius 1 is 0.900 bits per heavy atom. The first-order valence-corrected chi connectivity index (χ1v) is 11.4. The number of amides is 1. The minimum Gasteiger partial charge on any atom is -0.503 e. The van der Waals surface area contributed by atoms with E-state index in [1.54, 1.807) is 16.7 Å². The fraction of sp³-hybridized carbons (Fsp3) is 0.192. The Morgan fingerprint density at radius 2 is 1.53 bits per heavy atom. The number of aliphatic hydroxyl groups excluding tert-OH is 1. The summed E-state index contributed by atoms with van der Waals surface area (Å²) in [6.07, 6.45) is 3.01. The van der Waals surface area contributed by atoms with Gasteiger partial charge in [0.05, 0.1) is 6.04 Å². The van der Waals surface area contributed by atoms with E-state index in [4.69, 9.17) is 0 Å². The molecular weight excluding hydrogens is 390 g/mol. The zero-order valence-electron chi connectivity index (χ0n) is 17.2. The molecule has 1 aliphatic rings. The summed E-state index contributed by atoms with van der Waals surface area (Å²) >= 11 is 1.69. The molecule has 1 atom stereocenters. The fourth-order valence-electron chi connectivity index (χ4n) is 3.94. The zero-order chi connectivity index (χ0) is 21.1. The van der Waals surface area contributed by atoms with Crippen molar-refractivity contribution in [2.45, 2.75) is 30.8 Å². The molecule has 152 valence electrons. The van der Waals surface area contributed by atoms with E-state index in [9.17, 15) is 9.90 Å². The van der Waals surface area contributed by atoms with Crippen LogP contribution in [0.4, 0.5) is 0 Å². The second kappa shape index (κ2) is 8.80. The molecule has 0 spiro atoms. The Labute approximate surface area is 182 Å². The second-order valence-electron chi connectivity index (χ2n) is 7.41. The molecule has 1 N–H and O–H groups in total. The number of benzene rings is 3. The molecule has 1 aliphatic heterocycles. The molecule has 4 rings (SSSR count). The SMILES string of the molecule is CCc1ccc([C@@H]2C(c3ccccc3)=C(O)C(=O)N2Cc2ccc(SC)cc2)cc1. The Hall–Kier alpha value is -2.98. The molecule has 3 aromatic rings. The topological polar surface area (TPSA) is 40.5 Å². The van der Waals surface area contributed by atoms with Crippen LogP contribution >= 0.6 is 11.8 Å². The van der Waals surface area contributed by atoms with Crippen molar-refractivity contribution >= 4 is 23.2 Å². The van der Waals surface area contributed by atoms with Crippen molar-refractivity contribution in [3.63, 3.8) is 0 Å². The molecule has 0 unspecified atom stereocenters. The maximum absolute atomic E-state index is 13.1. The molecule has 0 aliphatic carbocycles. The summed E-state index contributed by atoms with van der Waals surface area (Å²) in [6.45, 7) is 2.56. The summed E-state index contributed by atoms with van der Waals surface area (Å²) in [4.78, 5) is 16.1. The van der Waals surface area contributed by atoms with Gasteiger partial charge in [-0.1, -0.05) is 73.7 Å². The van der Waals surface area contributed by atoms with E-state index in [-0.39, 0.29) is 17.7 Å². The number of rotatable bonds is 6. The number of aryl methyl sites for hydroxylation is 1. The van der Waals surface area contributed by atoms with Crippen molar-refractivity contribution in [2.75, 3.05) is 6.26 Å². The minimum absolute atomic E-state index is 0.161. The number of carbonyl (C=O) groups is 1. The summed E-state index contributed by atoms with van der Waals surface area (Å²) in [6, 6.07) is 25.9. The third kappa shape index (κ3) is 3.88. The van der Waals surface area contributed by atoms with Gasteiger partial charge in [-0.25, -0.2) is 0 Å². The molecule has 1 amide bonds. The molecule has 0 saturated heterocycles. The van der Waals surface area contributed by atoms with Crippen LogP contribution in [0, 0.1) is 0 Å². The number of aliphatic hydroxyl groups is 1. The van der Waals surface area contributed by atoms with E-state index in [2.05, 4.69) is 43.3 Å². The molecule has 0 radical (unpaired) electrons. The van der Waals surface area contributed by atoms with Crippen LogP contribution in [0.5, 0.6) is 0 Å². The lowest BCUT2D eigenvalue weighted by molar-refractivity contribution is -0.130. The minimum atomic E-state index is -0.328. The van der Waals surface area contributed by atoms with Gasteiger partial charge in [0, 0.05) is 17.0 Å². The van der Waals surface area contributed by atoms with Crippen molar-refractivity contribution in [1.29, 1.82) is 0 Å². The molecule has 30 heavy (non-hydrogen) atoms. The molecule has 3 nitrogen and oxygen atoms in total. The highest BCUT2D eigenvalue weighted by molar-refractivity contribution is 7.98. The monoisotopic (exact) mass is 415 g/mol. The number of hydrogen-bond acceptors (Lipinski definition) is 3. The first-order chi connectivity index (χ1) is 14.6. The molecular formula is C26H25NO2S. The maximum atomic E-state index is 13.1. The van der Waals surface area contributed by atoms with Crippen LogP contribution in [0.3, 0.4) is 0 Å². The van der Waals surface area contributed by atoms with E-state index in [0.29, 0.717) is 12.1 Å². The smallest absolute Gasteiger partial charge is 0.290 e. The summed E-state index contributed by atoms with van der Waals surface area (Å²) < 4.78 is 0. The summed E-state index contributed by atoms with van der Waals surface area (Å²) in [5.41, 5.74) is 4.83. The molecule has 1 heterocycles. The van der Waals surface area contributed by atoms with Crippen LogP contribution in [-0.2, 0) is 17.8 Å². The van der Waals surface area contributed by atoms with Gasteiger partial charge in [-0.2, -0.15) is 0 Å². The fourth-order valence-corrected chi connectivity index (χ4v) is 4.35. The summed E-state index contributed by atoms with van der Waals surface area (Å²) in [5.74, 6) is -0.487. The van der Waals surface area contributed by atoms with E-state index >= 15 is 0 Å². The van der Waals surface area contributed by atoms with Gasteiger partial charge in [0.15, 0.2) is 5.76 Å². The van der Waals surface area contributed by atoms with Crippen LogP contribution in [0.1, 0.15) is 35.2 Å². The van der Waals surface area contributed by atoms with Crippen LogP contribution in [0.15, 0.2) is 89.5 Å².